The van der Waals surface area contributed by atoms with Crippen LogP contribution in [0.3, 0.4) is 0 Å². The minimum atomic E-state index is 0.217. The average Bonchev–Trinajstić information content (AvgIpc) is 3.25. The maximum Gasteiger partial charge on any atom is 0.191 e. The first-order chi connectivity index (χ1) is 15.3. The Kier molecular flexibility index (Phi) is 7.37. The molecule has 168 valence electrons. The van der Waals surface area contributed by atoms with Crippen molar-refractivity contribution in [2.45, 2.75) is 38.4 Å². The Balaban J connectivity index is 1.39. The van der Waals surface area contributed by atoms with Gasteiger partial charge in [-0.25, -0.2) is 0 Å². The van der Waals surface area contributed by atoms with E-state index >= 15 is 0 Å². The fourth-order valence-corrected chi connectivity index (χ4v) is 4.25. The van der Waals surface area contributed by atoms with Gasteiger partial charge < -0.3 is 24.7 Å². The number of ether oxygens (including phenoxy) is 2. The Morgan fingerprint density at radius 1 is 1.13 bits per heavy atom. The second-order valence-electron chi connectivity index (χ2n) is 7.89. The van der Waals surface area contributed by atoms with Crippen LogP contribution in [-0.2, 0) is 24.2 Å². The summed E-state index contributed by atoms with van der Waals surface area (Å²) in [5, 5.41) is 15.6. The van der Waals surface area contributed by atoms with Crippen LogP contribution in [0.25, 0.3) is 0 Å². The van der Waals surface area contributed by atoms with Crippen molar-refractivity contribution >= 4 is 5.96 Å². The van der Waals surface area contributed by atoms with Gasteiger partial charge in [0.25, 0.3) is 0 Å². The lowest BCUT2D eigenvalue weighted by molar-refractivity contribution is 0.0170. The van der Waals surface area contributed by atoms with Gasteiger partial charge in [-0.15, -0.1) is 10.2 Å². The molecule has 2 aliphatic rings. The number of morpholine rings is 1. The number of aryl methyl sites for hydroxylation is 1. The first-order valence-corrected chi connectivity index (χ1v) is 11.1. The number of nitrogens with one attached hydrogen (secondary N) is 2. The smallest absolute Gasteiger partial charge is 0.191 e. The van der Waals surface area contributed by atoms with Gasteiger partial charge in [0.05, 0.1) is 32.9 Å². The summed E-state index contributed by atoms with van der Waals surface area (Å²) in [6.45, 7) is 5.70. The number of guanidine groups is 1. The highest BCUT2D eigenvalue weighted by Gasteiger charge is 2.23. The first-order valence-electron chi connectivity index (χ1n) is 11.1. The number of fused-ring (bicyclic) bond motifs is 1. The van der Waals surface area contributed by atoms with Gasteiger partial charge in [0.15, 0.2) is 11.8 Å². The topological polar surface area (TPSA) is 88.8 Å². The van der Waals surface area contributed by atoms with Gasteiger partial charge >= 0.3 is 0 Å². The zero-order valence-corrected chi connectivity index (χ0v) is 18.5. The van der Waals surface area contributed by atoms with Crippen molar-refractivity contribution in [2.75, 3.05) is 47.0 Å². The van der Waals surface area contributed by atoms with E-state index in [2.05, 4.69) is 47.4 Å². The number of nitrogens with zero attached hydrogens (tertiary/aromatic N) is 5. The molecule has 0 radical (unpaired) electrons. The van der Waals surface area contributed by atoms with Crippen LogP contribution in [0, 0.1) is 0 Å². The van der Waals surface area contributed by atoms with Crippen molar-refractivity contribution in [3.63, 3.8) is 0 Å². The summed E-state index contributed by atoms with van der Waals surface area (Å²) in [7, 11) is 3.49. The summed E-state index contributed by atoms with van der Waals surface area (Å²) < 4.78 is 13.1. The van der Waals surface area contributed by atoms with Gasteiger partial charge in [0.2, 0.25) is 0 Å². The molecule has 9 nitrogen and oxygen atoms in total. The van der Waals surface area contributed by atoms with Crippen LogP contribution in [-0.4, -0.2) is 72.6 Å². The molecule has 1 atom stereocenters. The number of benzene rings is 1. The van der Waals surface area contributed by atoms with Crippen molar-refractivity contribution in [3.8, 4) is 5.75 Å². The molecule has 0 bridgehead atoms. The minimum Gasteiger partial charge on any atom is -0.497 e. The monoisotopic (exact) mass is 427 g/mol. The molecule has 9 heteroatoms. The summed E-state index contributed by atoms with van der Waals surface area (Å²) in [5.41, 5.74) is 1.25. The Labute approximate surface area is 183 Å². The zero-order valence-electron chi connectivity index (χ0n) is 18.5. The lowest BCUT2D eigenvalue weighted by atomic mass is 10.0. The fraction of sp³-hybridized carbons (Fsp3) is 0.591. The van der Waals surface area contributed by atoms with Gasteiger partial charge in [-0.05, 0) is 30.5 Å². The van der Waals surface area contributed by atoms with E-state index < -0.39 is 0 Å². The molecule has 1 aromatic carbocycles. The molecule has 4 rings (SSSR count). The number of aromatic nitrogens is 3. The highest BCUT2D eigenvalue weighted by molar-refractivity contribution is 5.79. The van der Waals surface area contributed by atoms with Crippen molar-refractivity contribution in [1.29, 1.82) is 0 Å². The fourth-order valence-electron chi connectivity index (χ4n) is 4.25. The van der Waals surface area contributed by atoms with Crippen molar-refractivity contribution < 1.29 is 9.47 Å². The molecule has 3 heterocycles. The summed E-state index contributed by atoms with van der Waals surface area (Å²) >= 11 is 0. The van der Waals surface area contributed by atoms with Gasteiger partial charge in [-0.1, -0.05) is 12.1 Å². The molecule has 0 amide bonds. The molecule has 31 heavy (non-hydrogen) atoms. The quantitative estimate of drug-likeness (QED) is 0.509. The van der Waals surface area contributed by atoms with E-state index in [1.54, 1.807) is 14.2 Å². The number of methoxy groups -OCH3 is 1. The molecule has 2 aliphatic heterocycles. The molecule has 1 aromatic heterocycles. The van der Waals surface area contributed by atoms with Crippen molar-refractivity contribution in [2.24, 2.45) is 4.99 Å². The van der Waals surface area contributed by atoms with E-state index in [0.717, 1.165) is 69.2 Å². The highest BCUT2D eigenvalue weighted by Crippen LogP contribution is 2.23. The van der Waals surface area contributed by atoms with E-state index in [-0.39, 0.29) is 6.04 Å². The second kappa shape index (κ2) is 10.6. The van der Waals surface area contributed by atoms with Crippen molar-refractivity contribution in [3.05, 3.63) is 41.5 Å². The van der Waals surface area contributed by atoms with Crippen molar-refractivity contribution in [1.82, 2.24) is 30.3 Å². The lowest BCUT2D eigenvalue weighted by Gasteiger charge is -2.35. The van der Waals surface area contributed by atoms with Gasteiger partial charge in [-0.2, -0.15) is 0 Å². The Morgan fingerprint density at radius 2 is 1.94 bits per heavy atom. The molecular formula is C22H33N7O2. The summed E-state index contributed by atoms with van der Waals surface area (Å²) in [6, 6.07) is 8.53. The maximum atomic E-state index is 5.56. The highest BCUT2D eigenvalue weighted by atomic mass is 16.5. The van der Waals surface area contributed by atoms with Gasteiger partial charge in [0.1, 0.15) is 11.6 Å². The minimum absolute atomic E-state index is 0.217. The summed E-state index contributed by atoms with van der Waals surface area (Å²) in [4.78, 5) is 6.87. The Bertz CT molecular complexity index is 859. The molecule has 0 saturated carbocycles. The van der Waals surface area contributed by atoms with E-state index in [0.29, 0.717) is 6.54 Å². The summed E-state index contributed by atoms with van der Waals surface area (Å²) in [6.07, 6.45) is 3.40. The molecule has 2 aromatic rings. The van der Waals surface area contributed by atoms with Crippen LogP contribution in [0.5, 0.6) is 5.75 Å². The van der Waals surface area contributed by atoms with Gasteiger partial charge in [0, 0.05) is 39.6 Å². The number of hydrogen-bond donors (Lipinski definition) is 2. The van der Waals surface area contributed by atoms with E-state index in [1.165, 1.54) is 18.4 Å². The largest absolute Gasteiger partial charge is 0.497 e. The average molecular weight is 428 g/mol. The predicted molar refractivity (Wildman–Crippen MR) is 119 cm³/mol. The lowest BCUT2D eigenvalue weighted by Crippen LogP contribution is -2.46. The Morgan fingerprint density at radius 3 is 2.68 bits per heavy atom. The molecule has 1 fully saturated rings. The standard InChI is InChI=1S/C22H33N7O2/c1-23-22(25-16-21-27-26-20-5-3-4-10-29(20)21)24-15-19(28-11-13-31-14-12-28)17-6-8-18(30-2)9-7-17/h6-9,19H,3-5,10-16H2,1-2H3,(H2,23,24,25). The van der Waals surface area contributed by atoms with E-state index in [1.807, 2.05) is 12.1 Å². The normalized spacial score (nSPS) is 18.3. The molecule has 2 N–H and O–H groups in total. The predicted octanol–water partition coefficient (Wildman–Crippen LogP) is 1.36. The molecular weight excluding hydrogens is 394 g/mol. The number of hydrogen-bond acceptors (Lipinski definition) is 6. The molecule has 1 unspecified atom stereocenters. The Hall–Kier alpha value is -2.65. The van der Waals surface area contributed by atoms with E-state index in [9.17, 15) is 0 Å². The number of aliphatic imine (C=N–C) groups is 1. The van der Waals surface area contributed by atoms with Crippen LogP contribution in [0.2, 0.25) is 0 Å². The third kappa shape index (κ3) is 5.34. The van der Waals surface area contributed by atoms with Crippen LogP contribution in [0.1, 0.15) is 36.1 Å². The van der Waals surface area contributed by atoms with Crippen LogP contribution in [0.15, 0.2) is 29.3 Å². The van der Waals surface area contributed by atoms with Crippen LogP contribution >= 0.6 is 0 Å². The SMILES string of the molecule is CN=C(NCc1nnc2n1CCCC2)NCC(c1ccc(OC)cc1)N1CCOCC1. The summed E-state index contributed by atoms with van der Waals surface area (Å²) in [5.74, 6) is 3.70. The maximum absolute atomic E-state index is 5.56. The molecule has 1 saturated heterocycles. The van der Waals surface area contributed by atoms with Crippen LogP contribution in [0.4, 0.5) is 0 Å². The second-order valence-corrected chi connectivity index (χ2v) is 7.89. The molecule has 0 spiro atoms. The first kappa shape index (κ1) is 21.6. The van der Waals surface area contributed by atoms with Gasteiger partial charge in [-0.3, -0.25) is 9.89 Å². The van der Waals surface area contributed by atoms with Crippen LogP contribution < -0.4 is 15.4 Å². The third-order valence-corrected chi connectivity index (χ3v) is 6.02. The third-order valence-electron chi connectivity index (χ3n) is 6.02. The zero-order chi connectivity index (χ0) is 21.5. The van der Waals surface area contributed by atoms with E-state index in [4.69, 9.17) is 9.47 Å². The molecule has 0 aliphatic carbocycles. The number of rotatable bonds is 7.